The summed E-state index contributed by atoms with van der Waals surface area (Å²) in [5.74, 6) is -0.289. The number of allylic oxidation sites excluding steroid dienone is 3. The molecule has 24 heavy (non-hydrogen) atoms. The van der Waals surface area contributed by atoms with Gasteiger partial charge in [0.05, 0.1) is 5.56 Å². The van der Waals surface area contributed by atoms with Gasteiger partial charge in [-0.3, -0.25) is 0 Å². The molecule has 0 bridgehead atoms. The molecular weight excluding hydrogens is 296 g/mol. The Morgan fingerprint density at radius 1 is 1.12 bits per heavy atom. The molecule has 1 N–H and O–H groups in total. The maximum absolute atomic E-state index is 10.9. The van der Waals surface area contributed by atoms with E-state index in [0.29, 0.717) is 22.3 Å². The zero-order valence-corrected chi connectivity index (χ0v) is 15.6. The molecule has 0 aliphatic heterocycles. The lowest BCUT2D eigenvalue weighted by molar-refractivity contribution is 0.0697. The monoisotopic (exact) mass is 326 g/mol. The van der Waals surface area contributed by atoms with Crippen molar-refractivity contribution in [1.82, 2.24) is 0 Å². The number of hydrogen-bond acceptors (Lipinski definition) is 1. The number of hydrogen-bond donors (Lipinski definition) is 1. The van der Waals surface area contributed by atoms with Crippen LogP contribution in [0.1, 0.15) is 69.8 Å². The van der Waals surface area contributed by atoms with Crippen molar-refractivity contribution in [3.8, 4) is 0 Å². The Morgan fingerprint density at radius 2 is 1.75 bits per heavy atom. The number of aromatic carboxylic acids is 1. The van der Waals surface area contributed by atoms with Crippen LogP contribution < -0.4 is 0 Å². The van der Waals surface area contributed by atoms with Gasteiger partial charge in [0.1, 0.15) is 0 Å². The quantitative estimate of drug-likeness (QED) is 0.669. The van der Waals surface area contributed by atoms with Crippen LogP contribution in [0.3, 0.4) is 0 Å². The molecule has 130 valence electrons. The average Bonchev–Trinajstić information content (AvgIpc) is 2.49. The molecular formula is C22H30O2. The van der Waals surface area contributed by atoms with Crippen LogP contribution in [0.25, 0.3) is 6.08 Å². The standard InChI is InChI=1S/C22H30O2/c1-16(14-17-7-9-18(10-8-17)20(23)24)6-11-19-15-21(2,3)12-13-22(19,4)5/h6-11,14,19H,12-13,15H2,1-5H3,(H,23,24)/b11-6+,16-14+. The van der Waals surface area contributed by atoms with Crippen molar-refractivity contribution in [3.63, 3.8) is 0 Å². The van der Waals surface area contributed by atoms with Crippen LogP contribution in [0.15, 0.2) is 42.0 Å². The molecule has 1 aromatic rings. The van der Waals surface area contributed by atoms with E-state index >= 15 is 0 Å². The summed E-state index contributed by atoms with van der Waals surface area (Å²) < 4.78 is 0. The van der Waals surface area contributed by atoms with E-state index in [1.165, 1.54) is 24.8 Å². The molecule has 0 spiro atoms. The first kappa shape index (κ1) is 18.5. The summed E-state index contributed by atoms with van der Waals surface area (Å²) >= 11 is 0. The van der Waals surface area contributed by atoms with Crippen molar-refractivity contribution in [3.05, 3.63) is 53.1 Å². The number of carbonyl (C=O) groups is 1. The van der Waals surface area contributed by atoms with Crippen molar-refractivity contribution in [2.24, 2.45) is 16.7 Å². The van der Waals surface area contributed by atoms with Crippen molar-refractivity contribution in [2.45, 2.75) is 53.9 Å². The number of carboxylic acids is 1. The zero-order chi connectivity index (χ0) is 18.0. The van der Waals surface area contributed by atoms with E-state index in [9.17, 15) is 4.79 Å². The van der Waals surface area contributed by atoms with Gasteiger partial charge in [-0.2, -0.15) is 0 Å². The fraction of sp³-hybridized carbons (Fsp3) is 0.500. The van der Waals surface area contributed by atoms with Crippen molar-refractivity contribution < 1.29 is 9.90 Å². The molecule has 2 rings (SSSR count). The Hall–Kier alpha value is -1.83. The van der Waals surface area contributed by atoms with Crippen molar-refractivity contribution in [2.75, 3.05) is 0 Å². The predicted octanol–water partition coefficient (Wildman–Crippen LogP) is 6.20. The number of benzene rings is 1. The third kappa shape index (κ3) is 4.83. The van der Waals surface area contributed by atoms with Gasteiger partial charge in [0, 0.05) is 0 Å². The molecule has 1 aliphatic rings. The van der Waals surface area contributed by atoms with Crippen LogP contribution >= 0.6 is 0 Å². The summed E-state index contributed by atoms with van der Waals surface area (Å²) in [7, 11) is 0. The first-order chi connectivity index (χ1) is 11.1. The Labute approximate surface area is 146 Å². The van der Waals surface area contributed by atoms with Crippen LogP contribution in [0, 0.1) is 16.7 Å². The molecule has 1 atom stereocenters. The summed E-state index contributed by atoms with van der Waals surface area (Å²) in [4.78, 5) is 10.9. The zero-order valence-electron chi connectivity index (χ0n) is 15.6. The molecule has 1 fully saturated rings. The van der Waals surface area contributed by atoms with E-state index in [-0.39, 0.29) is 0 Å². The van der Waals surface area contributed by atoms with Crippen LogP contribution in [-0.4, -0.2) is 11.1 Å². The highest BCUT2D eigenvalue weighted by Gasteiger charge is 2.38. The third-order valence-electron chi connectivity index (χ3n) is 5.37. The lowest BCUT2D eigenvalue weighted by Gasteiger charge is -2.45. The van der Waals surface area contributed by atoms with Gasteiger partial charge < -0.3 is 5.11 Å². The summed E-state index contributed by atoms with van der Waals surface area (Å²) in [6, 6.07) is 7.01. The van der Waals surface area contributed by atoms with Crippen molar-refractivity contribution in [1.29, 1.82) is 0 Å². The lowest BCUT2D eigenvalue weighted by Crippen LogP contribution is -2.34. The van der Waals surface area contributed by atoms with Gasteiger partial charge in [0.15, 0.2) is 0 Å². The molecule has 0 saturated heterocycles. The summed E-state index contributed by atoms with van der Waals surface area (Å²) in [6.45, 7) is 11.6. The second-order valence-electron chi connectivity index (χ2n) is 8.64. The topological polar surface area (TPSA) is 37.3 Å². The number of carboxylic acid groups (broad SMARTS) is 1. The minimum atomic E-state index is -0.885. The smallest absolute Gasteiger partial charge is 0.335 e. The highest BCUT2D eigenvalue weighted by molar-refractivity contribution is 5.87. The second kappa shape index (κ2) is 6.96. The first-order valence-electron chi connectivity index (χ1n) is 8.79. The van der Waals surface area contributed by atoms with Gasteiger partial charge in [-0.05, 0) is 60.6 Å². The van der Waals surface area contributed by atoms with Gasteiger partial charge in [-0.1, -0.05) is 63.6 Å². The molecule has 0 radical (unpaired) electrons. The van der Waals surface area contributed by atoms with Gasteiger partial charge in [-0.15, -0.1) is 0 Å². The van der Waals surface area contributed by atoms with Crippen LogP contribution in [0.4, 0.5) is 0 Å². The van der Waals surface area contributed by atoms with Crippen molar-refractivity contribution >= 4 is 12.0 Å². The number of rotatable bonds is 4. The van der Waals surface area contributed by atoms with Crippen LogP contribution in [0.5, 0.6) is 0 Å². The minimum absolute atomic E-state index is 0.325. The molecule has 0 amide bonds. The molecule has 0 heterocycles. The van der Waals surface area contributed by atoms with Gasteiger partial charge in [0.2, 0.25) is 0 Å². The molecule has 2 heteroatoms. The third-order valence-corrected chi connectivity index (χ3v) is 5.37. The Morgan fingerprint density at radius 3 is 2.33 bits per heavy atom. The van der Waals surface area contributed by atoms with E-state index in [1.54, 1.807) is 12.1 Å². The molecule has 1 unspecified atom stereocenters. The largest absolute Gasteiger partial charge is 0.478 e. The van der Waals surface area contributed by atoms with Gasteiger partial charge in [-0.25, -0.2) is 4.79 Å². The van der Waals surface area contributed by atoms with E-state index < -0.39 is 5.97 Å². The maximum Gasteiger partial charge on any atom is 0.335 e. The van der Waals surface area contributed by atoms with E-state index in [2.05, 4.69) is 52.8 Å². The van der Waals surface area contributed by atoms with Gasteiger partial charge >= 0.3 is 5.97 Å². The second-order valence-corrected chi connectivity index (χ2v) is 8.64. The molecule has 2 nitrogen and oxygen atoms in total. The fourth-order valence-electron chi connectivity index (χ4n) is 3.45. The average molecular weight is 326 g/mol. The molecule has 1 saturated carbocycles. The predicted molar refractivity (Wildman–Crippen MR) is 101 cm³/mol. The van der Waals surface area contributed by atoms with Crippen LogP contribution in [0.2, 0.25) is 0 Å². The minimum Gasteiger partial charge on any atom is -0.478 e. The highest BCUT2D eigenvalue weighted by Crippen LogP contribution is 2.49. The SMILES string of the molecule is CC(/C=C/C1CC(C)(C)CCC1(C)C)=C\c1ccc(C(=O)O)cc1. The maximum atomic E-state index is 10.9. The molecule has 0 aromatic heterocycles. The molecule has 1 aromatic carbocycles. The normalized spacial score (nSPS) is 23.4. The Kier molecular flexibility index (Phi) is 5.37. The summed E-state index contributed by atoms with van der Waals surface area (Å²) in [6.07, 6.45) is 10.5. The fourth-order valence-corrected chi connectivity index (χ4v) is 3.45. The molecule has 1 aliphatic carbocycles. The summed E-state index contributed by atoms with van der Waals surface area (Å²) in [5.41, 5.74) is 3.33. The Balaban J connectivity index is 2.10. The Bertz CT molecular complexity index is 645. The van der Waals surface area contributed by atoms with E-state index in [0.717, 1.165) is 5.56 Å². The van der Waals surface area contributed by atoms with E-state index in [4.69, 9.17) is 5.11 Å². The first-order valence-corrected chi connectivity index (χ1v) is 8.79. The van der Waals surface area contributed by atoms with Crippen LogP contribution in [-0.2, 0) is 0 Å². The van der Waals surface area contributed by atoms with Gasteiger partial charge in [0.25, 0.3) is 0 Å². The lowest BCUT2D eigenvalue weighted by atomic mass is 9.60. The highest BCUT2D eigenvalue weighted by atomic mass is 16.4. The summed E-state index contributed by atoms with van der Waals surface area (Å²) in [5, 5.41) is 8.95. The van der Waals surface area contributed by atoms with E-state index in [1.807, 2.05) is 12.1 Å².